The first kappa shape index (κ1) is 23.1. The first-order valence-corrected chi connectivity index (χ1v) is 11.4. The van der Waals surface area contributed by atoms with E-state index in [1.165, 1.54) is 0 Å². The number of anilines is 2. The predicted molar refractivity (Wildman–Crippen MR) is 136 cm³/mol. The molecule has 0 radical (unpaired) electrons. The minimum absolute atomic E-state index is 0.229. The van der Waals surface area contributed by atoms with Crippen molar-refractivity contribution in [2.45, 2.75) is 13.0 Å². The summed E-state index contributed by atoms with van der Waals surface area (Å²) < 4.78 is 0. The number of aryl methyl sites for hydroxylation is 1. The van der Waals surface area contributed by atoms with E-state index < -0.39 is 0 Å². The minimum Gasteiger partial charge on any atom is -0.338 e. The number of aliphatic imine (C=N–C) groups is 1. The Kier molecular flexibility index (Phi) is 7.31. The molecule has 34 heavy (non-hydrogen) atoms. The zero-order valence-corrected chi connectivity index (χ0v) is 19.5. The molecule has 1 fully saturated rings. The summed E-state index contributed by atoms with van der Waals surface area (Å²) in [5.41, 5.74) is 3.49. The molecule has 4 rings (SSSR count). The van der Waals surface area contributed by atoms with Gasteiger partial charge in [0.25, 0.3) is 0 Å². The van der Waals surface area contributed by atoms with Crippen molar-refractivity contribution in [1.82, 2.24) is 9.80 Å². The summed E-state index contributed by atoms with van der Waals surface area (Å²) in [6.07, 6.45) is 1.91. The van der Waals surface area contributed by atoms with Crippen LogP contribution in [0.25, 0.3) is 0 Å². The second-order valence-corrected chi connectivity index (χ2v) is 8.36. The molecule has 8 heteroatoms. The molecular formula is C26H25ClN6O. The second kappa shape index (κ2) is 10.7. The van der Waals surface area contributed by atoms with Crippen molar-refractivity contribution in [3.63, 3.8) is 0 Å². The van der Waals surface area contributed by atoms with Crippen LogP contribution in [0, 0.1) is 18.4 Å². The van der Waals surface area contributed by atoms with Crippen molar-refractivity contribution in [3.05, 3.63) is 95.0 Å². The zero-order chi connectivity index (χ0) is 23.9. The highest BCUT2D eigenvalue weighted by Gasteiger charge is 2.33. The molecule has 2 N–H and O–H groups in total. The summed E-state index contributed by atoms with van der Waals surface area (Å²) in [5, 5.41) is 16.1. The number of halogens is 1. The average Bonchev–Trinajstić information content (AvgIpc) is 2.86. The third kappa shape index (κ3) is 5.30. The molecule has 0 spiro atoms. The third-order valence-electron chi connectivity index (χ3n) is 5.79. The lowest BCUT2D eigenvalue weighted by atomic mass is 10.0. The van der Waals surface area contributed by atoms with Gasteiger partial charge in [-0.25, -0.2) is 4.79 Å². The number of hydrogen-bond donors (Lipinski definition) is 2. The second-order valence-electron chi connectivity index (χ2n) is 7.95. The number of amides is 2. The summed E-state index contributed by atoms with van der Waals surface area (Å²) in [6.45, 7) is 3.42. The van der Waals surface area contributed by atoms with Gasteiger partial charge in [-0.05, 0) is 36.2 Å². The Labute approximate surface area is 204 Å². The van der Waals surface area contributed by atoms with E-state index in [9.17, 15) is 10.1 Å². The van der Waals surface area contributed by atoms with Gasteiger partial charge in [0, 0.05) is 25.3 Å². The van der Waals surface area contributed by atoms with Crippen LogP contribution in [0.2, 0.25) is 5.02 Å². The number of benzene rings is 3. The van der Waals surface area contributed by atoms with Gasteiger partial charge in [0.1, 0.15) is 0 Å². The maximum atomic E-state index is 13.3. The molecule has 7 nitrogen and oxygen atoms in total. The van der Waals surface area contributed by atoms with E-state index >= 15 is 0 Å². The molecule has 0 bridgehead atoms. The Hall–Kier alpha value is -4.02. The Bertz CT molecular complexity index is 1220. The number of rotatable bonds is 3. The summed E-state index contributed by atoms with van der Waals surface area (Å²) in [7, 11) is 0. The van der Waals surface area contributed by atoms with Gasteiger partial charge in [0.2, 0.25) is 12.2 Å². The molecule has 1 aliphatic rings. The first-order valence-electron chi connectivity index (χ1n) is 11.0. The van der Waals surface area contributed by atoms with Gasteiger partial charge in [-0.15, -0.1) is 4.99 Å². The number of carbonyl (C=O) groups excluding carboxylic acids is 1. The highest BCUT2D eigenvalue weighted by Crippen LogP contribution is 2.28. The Morgan fingerprint density at radius 2 is 1.65 bits per heavy atom. The van der Waals surface area contributed by atoms with Crippen LogP contribution in [0.15, 0.2) is 83.9 Å². The number of urea groups is 1. The van der Waals surface area contributed by atoms with E-state index in [0.717, 1.165) is 16.8 Å². The summed E-state index contributed by atoms with van der Waals surface area (Å²) >= 11 is 6.25. The van der Waals surface area contributed by atoms with Crippen molar-refractivity contribution < 1.29 is 4.79 Å². The molecule has 1 aliphatic heterocycles. The van der Waals surface area contributed by atoms with Crippen molar-refractivity contribution in [3.8, 4) is 6.19 Å². The van der Waals surface area contributed by atoms with Crippen LogP contribution < -0.4 is 10.6 Å². The number of carbonyl (C=O) groups is 1. The number of piperazine rings is 1. The van der Waals surface area contributed by atoms with Crippen LogP contribution in [-0.4, -0.2) is 41.4 Å². The maximum absolute atomic E-state index is 13.3. The lowest BCUT2D eigenvalue weighted by molar-refractivity contribution is 0.136. The molecule has 0 saturated carbocycles. The Morgan fingerprint density at radius 3 is 2.35 bits per heavy atom. The molecule has 0 aromatic heterocycles. The lowest BCUT2D eigenvalue weighted by Crippen LogP contribution is -2.54. The van der Waals surface area contributed by atoms with Gasteiger partial charge in [-0.1, -0.05) is 72.3 Å². The smallest absolute Gasteiger partial charge is 0.322 e. The minimum atomic E-state index is -0.250. The molecule has 3 aromatic rings. The van der Waals surface area contributed by atoms with Crippen LogP contribution in [0.1, 0.15) is 17.2 Å². The van der Waals surface area contributed by atoms with E-state index in [0.29, 0.717) is 36.3 Å². The first-order chi connectivity index (χ1) is 16.6. The summed E-state index contributed by atoms with van der Waals surface area (Å²) in [5.74, 6) is 0.462. The van der Waals surface area contributed by atoms with Crippen molar-refractivity contribution in [2.75, 3.05) is 30.3 Å². The molecule has 1 heterocycles. The van der Waals surface area contributed by atoms with E-state index in [1.807, 2.05) is 84.7 Å². The molecular weight excluding hydrogens is 448 g/mol. The van der Waals surface area contributed by atoms with Gasteiger partial charge in [-0.2, -0.15) is 5.26 Å². The van der Waals surface area contributed by atoms with Crippen LogP contribution in [0.4, 0.5) is 16.2 Å². The maximum Gasteiger partial charge on any atom is 0.322 e. The molecule has 1 unspecified atom stereocenters. The highest BCUT2D eigenvalue weighted by atomic mass is 35.5. The van der Waals surface area contributed by atoms with Gasteiger partial charge in [0.05, 0.1) is 16.8 Å². The number of guanidine groups is 1. The molecule has 1 saturated heterocycles. The largest absolute Gasteiger partial charge is 0.338 e. The van der Waals surface area contributed by atoms with E-state index in [2.05, 4.69) is 15.6 Å². The quantitative estimate of drug-likeness (QED) is 0.300. The van der Waals surface area contributed by atoms with Gasteiger partial charge >= 0.3 is 6.03 Å². The molecule has 3 aromatic carbocycles. The topological polar surface area (TPSA) is 83.8 Å². The molecule has 2 amide bonds. The number of hydrogen-bond acceptors (Lipinski definition) is 3. The SMILES string of the molecule is Cc1ccccc1N/C(=N/C#N)N1CCN(C(=O)Nc2ccccc2Cl)C(c2ccccc2)C1. The average molecular weight is 473 g/mol. The van der Waals surface area contributed by atoms with Crippen LogP contribution in [0.3, 0.4) is 0 Å². The van der Waals surface area contributed by atoms with E-state index in [4.69, 9.17) is 11.6 Å². The molecule has 1 atom stereocenters. The molecule has 0 aliphatic carbocycles. The van der Waals surface area contributed by atoms with E-state index in [-0.39, 0.29) is 12.1 Å². The summed E-state index contributed by atoms with van der Waals surface area (Å²) in [6, 6.07) is 24.4. The van der Waals surface area contributed by atoms with Gasteiger partial charge in [0.15, 0.2) is 0 Å². The number of nitriles is 1. The number of para-hydroxylation sites is 2. The highest BCUT2D eigenvalue weighted by molar-refractivity contribution is 6.33. The van der Waals surface area contributed by atoms with Crippen LogP contribution >= 0.6 is 11.6 Å². The van der Waals surface area contributed by atoms with Crippen molar-refractivity contribution in [2.24, 2.45) is 4.99 Å². The van der Waals surface area contributed by atoms with Crippen molar-refractivity contribution in [1.29, 1.82) is 5.26 Å². The predicted octanol–water partition coefficient (Wildman–Crippen LogP) is 5.49. The number of nitrogens with one attached hydrogen (secondary N) is 2. The summed E-state index contributed by atoms with van der Waals surface area (Å²) in [4.78, 5) is 21.1. The standard InChI is InChI=1S/C26H25ClN6O/c1-19-9-5-7-13-22(19)30-25(29-18-28)32-15-16-33(24(17-32)20-10-3-2-4-11-20)26(34)31-23-14-8-6-12-21(23)27/h2-14,24H,15-17H2,1H3,(H,29,30)(H,31,34). The fourth-order valence-electron chi connectivity index (χ4n) is 3.99. The molecule has 172 valence electrons. The van der Waals surface area contributed by atoms with E-state index in [1.54, 1.807) is 17.0 Å². The Morgan fingerprint density at radius 1 is 0.971 bits per heavy atom. The third-order valence-corrected chi connectivity index (χ3v) is 6.12. The fraction of sp³-hybridized carbons (Fsp3) is 0.192. The normalized spacial score (nSPS) is 16.0. The van der Waals surface area contributed by atoms with Gasteiger partial charge < -0.3 is 20.4 Å². The van der Waals surface area contributed by atoms with Crippen LogP contribution in [0.5, 0.6) is 0 Å². The monoisotopic (exact) mass is 472 g/mol. The zero-order valence-electron chi connectivity index (χ0n) is 18.8. The number of nitrogens with zero attached hydrogens (tertiary/aromatic N) is 4. The van der Waals surface area contributed by atoms with Crippen molar-refractivity contribution >= 4 is 35.0 Å². The van der Waals surface area contributed by atoms with Crippen LogP contribution in [-0.2, 0) is 0 Å². The Balaban J connectivity index is 1.59. The van der Waals surface area contributed by atoms with Gasteiger partial charge in [-0.3, -0.25) is 0 Å². The lowest BCUT2D eigenvalue weighted by Gasteiger charge is -2.42. The fourth-order valence-corrected chi connectivity index (χ4v) is 4.17.